The third-order valence-corrected chi connectivity index (χ3v) is 4.11. The van der Waals surface area contributed by atoms with Crippen molar-refractivity contribution in [3.63, 3.8) is 0 Å². The van der Waals surface area contributed by atoms with Crippen LogP contribution in [-0.2, 0) is 9.47 Å². The van der Waals surface area contributed by atoms with Gasteiger partial charge in [-0.2, -0.15) is 0 Å². The maximum absolute atomic E-state index is 6.03. The first-order chi connectivity index (χ1) is 8.17. The van der Waals surface area contributed by atoms with Crippen LogP contribution in [0.3, 0.4) is 0 Å². The Hall–Kier alpha value is -0.120. The van der Waals surface area contributed by atoms with Gasteiger partial charge in [-0.05, 0) is 43.9 Å². The zero-order valence-electron chi connectivity index (χ0n) is 11.2. The minimum absolute atomic E-state index is 0.271. The first-order valence-electron chi connectivity index (χ1n) is 7.14. The van der Waals surface area contributed by atoms with Gasteiger partial charge in [0.05, 0.1) is 24.9 Å². The van der Waals surface area contributed by atoms with Gasteiger partial charge in [-0.25, -0.2) is 0 Å². The molecule has 1 saturated heterocycles. The Bertz CT molecular complexity index is 224. The molecule has 0 amide bonds. The standard InChI is InChI=1S/C14H27NO2/c1-10-5-11(2)7-14(6-10)16-9-13-4-3-12(8-15)17-13/h10-14H,3-9,15H2,1-2H3. The second kappa shape index (κ2) is 6.17. The van der Waals surface area contributed by atoms with Crippen molar-refractivity contribution in [2.24, 2.45) is 17.6 Å². The molecule has 3 nitrogen and oxygen atoms in total. The Kier molecular flexibility index (Phi) is 4.83. The summed E-state index contributed by atoms with van der Waals surface area (Å²) < 4.78 is 11.8. The fourth-order valence-electron chi connectivity index (χ4n) is 3.33. The van der Waals surface area contributed by atoms with Gasteiger partial charge in [0, 0.05) is 6.54 Å². The maximum atomic E-state index is 6.03. The van der Waals surface area contributed by atoms with E-state index in [2.05, 4.69) is 13.8 Å². The van der Waals surface area contributed by atoms with Crippen molar-refractivity contribution in [3.05, 3.63) is 0 Å². The van der Waals surface area contributed by atoms with Gasteiger partial charge in [-0.1, -0.05) is 13.8 Å². The summed E-state index contributed by atoms with van der Waals surface area (Å²) in [5.41, 5.74) is 5.61. The van der Waals surface area contributed by atoms with E-state index in [1.54, 1.807) is 0 Å². The summed E-state index contributed by atoms with van der Waals surface area (Å²) in [7, 11) is 0. The van der Waals surface area contributed by atoms with Crippen molar-refractivity contribution in [1.29, 1.82) is 0 Å². The van der Waals surface area contributed by atoms with Crippen molar-refractivity contribution in [2.75, 3.05) is 13.2 Å². The summed E-state index contributed by atoms with van der Waals surface area (Å²) >= 11 is 0. The number of nitrogens with two attached hydrogens (primary N) is 1. The van der Waals surface area contributed by atoms with Crippen LogP contribution in [0.4, 0.5) is 0 Å². The number of hydrogen-bond donors (Lipinski definition) is 1. The molecule has 0 bridgehead atoms. The first kappa shape index (κ1) is 13.3. The van der Waals surface area contributed by atoms with Gasteiger partial charge in [-0.3, -0.25) is 0 Å². The van der Waals surface area contributed by atoms with Crippen molar-refractivity contribution >= 4 is 0 Å². The number of ether oxygens (including phenoxy) is 2. The number of hydrogen-bond acceptors (Lipinski definition) is 3. The third-order valence-electron chi connectivity index (χ3n) is 4.11. The van der Waals surface area contributed by atoms with E-state index in [1.807, 2.05) is 0 Å². The van der Waals surface area contributed by atoms with Gasteiger partial charge in [0.2, 0.25) is 0 Å². The second-order valence-electron chi connectivity index (χ2n) is 6.07. The van der Waals surface area contributed by atoms with Crippen molar-refractivity contribution in [3.8, 4) is 0 Å². The van der Waals surface area contributed by atoms with E-state index >= 15 is 0 Å². The molecule has 1 heterocycles. The summed E-state index contributed by atoms with van der Waals surface area (Å²) in [6.07, 6.45) is 7.02. The zero-order valence-corrected chi connectivity index (χ0v) is 11.2. The molecule has 2 N–H and O–H groups in total. The third kappa shape index (κ3) is 3.94. The Morgan fingerprint density at radius 1 is 1.06 bits per heavy atom. The first-order valence-corrected chi connectivity index (χ1v) is 7.14. The Morgan fingerprint density at radius 3 is 2.29 bits per heavy atom. The molecule has 0 aromatic rings. The van der Waals surface area contributed by atoms with Crippen LogP contribution in [0.1, 0.15) is 46.0 Å². The molecule has 2 fully saturated rings. The molecule has 3 heteroatoms. The molecule has 17 heavy (non-hydrogen) atoms. The Labute approximate surface area is 105 Å². The van der Waals surface area contributed by atoms with E-state index in [-0.39, 0.29) is 12.2 Å². The predicted octanol–water partition coefficient (Wildman–Crippen LogP) is 2.33. The molecule has 4 atom stereocenters. The summed E-state index contributed by atoms with van der Waals surface area (Å²) in [5.74, 6) is 1.62. The maximum Gasteiger partial charge on any atom is 0.0814 e. The van der Waals surface area contributed by atoms with Crippen LogP contribution < -0.4 is 5.73 Å². The fraction of sp³-hybridized carbons (Fsp3) is 1.00. The summed E-state index contributed by atoms with van der Waals surface area (Å²) in [4.78, 5) is 0. The molecule has 2 rings (SSSR count). The molecule has 4 unspecified atom stereocenters. The largest absolute Gasteiger partial charge is 0.376 e. The smallest absolute Gasteiger partial charge is 0.0814 e. The highest BCUT2D eigenvalue weighted by molar-refractivity contribution is 4.77. The lowest BCUT2D eigenvalue weighted by molar-refractivity contribution is -0.0598. The molecule has 1 saturated carbocycles. The number of rotatable bonds is 4. The van der Waals surface area contributed by atoms with Crippen LogP contribution in [-0.4, -0.2) is 31.5 Å². The van der Waals surface area contributed by atoms with Gasteiger partial charge < -0.3 is 15.2 Å². The minimum Gasteiger partial charge on any atom is -0.376 e. The van der Waals surface area contributed by atoms with Crippen LogP contribution >= 0.6 is 0 Å². The quantitative estimate of drug-likeness (QED) is 0.821. The highest BCUT2D eigenvalue weighted by Gasteiger charge is 2.28. The highest BCUT2D eigenvalue weighted by atomic mass is 16.5. The molecule has 0 aromatic carbocycles. The van der Waals surface area contributed by atoms with Gasteiger partial charge in [0.1, 0.15) is 0 Å². The van der Waals surface area contributed by atoms with Gasteiger partial charge in [0.15, 0.2) is 0 Å². The SMILES string of the molecule is CC1CC(C)CC(OCC2CCC(CN)O2)C1. The average molecular weight is 241 g/mol. The van der Waals surface area contributed by atoms with Gasteiger partial charge >= 0.3 is 0 Å². The van der Waals surface area contributed by atoms with E-state index in [4.69, 9.17) is 15.2 Å². The Morgan fingerprint density at radius 2 is 1.71 bits per heavy atom. The van der Waals surface area contributed by atoms with E-state index in [0.29, 0.717) is 12.6 Å². The fourth-order valence-corrected chi connectivity index (χ4v) is 3.33. The van der Waals surface area contributed by atoms with Gasteiger partial charge in [0.25, 0.3) is 0 Å². The van der Waals surface area contributed by atoms with E-state index in [1.165, 1.54) is 19.3 Å². The summed E-state index contributed by atoms with van der Waals surface area (Å²) in [5, 5.41) is 0. The molecule has 0 radical (unpaired) electrons. The van der Waals surface area contributed by atoms with Crippen LogP contribution in [0, 0.1) is 11.8 Å². The van der Waals surface area contributed by atoms with Crippen molar-refractivity contribution < 1.29 is 9.47 Å². The molecular weight excluding hydrogens is 214 g/mol. The monoisotopic (exact) mass is 241 g/mol. The molecular formula is C14H27NO2. The summed E-state index contributed by atoms with van der Waals surface area (Å²) in [6.45, 7) is 6.08. The van der Waals surface area contributed by atoms with Crippen LogP contribution in [0.15, 0.2) is 0 Å². The average Bonchev–Trinajstić information content (AvgIpc) is 2.73. The zero-order chi connectivity index (χ0) is 12.3. The molecule has 1 aliphatic heterocycles. The second-order valence-corrected chi connectivity index (χ2v) is 6.07. The van der Waals surface area contributed by atoms with E-state index in [0.717, 1.165) is 31.3 Å². The molecule has 0 aromatic heterocycles. The van der Waals surface area contributed by atoms with Crippen molar-refractivity contribution in [1.82, 2.24) is 0 Å². The van der Waals surface area contributed by atoms with Crippen LogP contribution in [0.25, 0.3) is 0 Å². The lowest BCUT2D eigenvalue weighted by Crippen LogP contribution is -2.30. The molecule has 1 aliphatic carbocycles. The minimum atomic E-state index is 0.271. The highest BCUT2D eigenvalue weighted by Crippen LogP contribution is 2.31. The summed E-state index contributed by atoms with van der Waals surface area (Å²) in [6, 6.07) is 0. The normalized spacial score (nSPS) is 42.9. The lowest BCUT2D eigenvalue weighted by Gasteiger charge is -2.32. The Balaban J connectivity index is 1.68. The van der Waals surface area contributed by atoms with E-state index < -0.39 is 0 Å². The van der Waals surface area contributed by atoms with Crippen molar-refractivity contribution in [2.45, 2.75) is 64.3 Å². The van der Waals surface area contributed by atoms with Gasteiger partial charge in [-0.15, -0.1) is 0 Å². The molecule has 100 valence electrons. The van der Waals surface area contributed by atoms with Crippen LogP contribution in [0.2, 0.25) is 0 Å². The predicted molar refractivity (Wildman–Crippen MR) is 68.9 cm³/mol. The lowest BCUT2D eigenvalue weighted by atomic mass is 9.82. The molecule has 2 aliphatic rings. The van der Waals surface area contributed by atoms with Crippen LogP contribution in [0.5, 0.6) is 0 Å². The molecule has 0 spiro atoms. The topological polar surface area (TPSA) is 44.5 Å². The van der Waals surface area contributed by atoms with E-state index in [9.17, 15) is 0 Å².